The number of rotatable bonds is 6. The highest BCUT2D eigenvalue weighted by molar-refractivity contribution is 6.06. The lowest BCUT2D eigenvalue weighted by Crippen LogP contribution is -2.28. The van der Waals surface area contributed by atoms with Crippen LogP contribution in [0.15, 0.2) is 54.6 Å². The van der Waals surface area contributed by atoms with Gasteiger partial charge in [0.2, 0.25) is 0 Å². The second-order valence-corrected chi connectivity index (χ2v) is 5.86. The lowest BCUT2D eigenvalue weighted by molar-refractivity contribution is 0.0792. The van der Waals surface area contributed by atoms with Crippen LogP contribution in [0.3, 0.4) is 0 Å². The molecule has 2 aromatic rings. The Kier molecular flexibility index (Phi) is 6.13. The van der Waals surface area contributed by atoms with Gasteiger partial charge >= 0.3 is 0 Å². The predicted molar refractivity (Wildman–Crippen MR) is 97.5 cm³/mol. The van der Waals surface area contributed by atoms with E-state index >= 15 is 0 Å². The van der Waals surface area contributed by atoms with Crippen molar-refractivity contribution in [3.63, 3.8) is 0 Å². The van der Waals surface area contributed by atoms with Crippen molar-refractivity contribution in [3.8, 4) is 0 Å². The molecule has 2 aromatic carbocycles. The zero-order valence-corrected chi connectivity index (χ0v) is 14.5. The van der Waals surface area contributed by atoms with Gasteiger partial charge in [0.25, 0.3) is 11.8 Å². The molecule has 0 aliphatic carbocycles. The molecule has 4 nitrogen and oxygen atoms in total. The number of hydrogen-bond donors (Lipinski definition) is 0. The summed E-state index contributed by atoms with van der Waals surface area (Å²) in [7, 11) is 3.55. The first-order valence-electron chi connectivity index (χ1n) is 8.23. The molecule has 2 amide bonds. The lowest BCUT2D eigenvalue weighted by atomic mass is 10.1. The smallest absolute Gasteiger partial charge is 0.258 e. The molecular formula is C20H24N2O2. The first-order chi connectivity index (χ1) is 11.5. The monoisotopic (exact) mass is 324 g/mol. The van der Waals surface area contributed by atoms with Gasteiger partial charge in [-0.2, -0.15) is 0 Å². The van der Waals surface area contributed by atoms with Crippen molar-refractivity contribution in [1.82, 2.24) is 4.90 Å². The van der Waals surface area contributed by atoms with Gasteiger partial charge in [-0.05, 0) is 42.8 Å². The van der Waals surface area contributed by atoms with Crippen molar-refractivity contribution in [2.24, 2.45) is 0 Å². The number of para-hydroxylation sites is 1. The fourth-order valence-corrected chi connectivity index (χ4v) is 2.44. The highest BCUT2D eigenvalue weighted by atomic mass is 16.2. The fourth-order valence-electron chi connectivity index (χ4n) is 2.44. The maximum atomic E-state index is 12.5. The summed E-state index contributed by atoms with van der Waals surface area (Å²) < 4.78 is 0. The van der Waals surface area contributed by atoms with Gasteiger partial charge in [0.15, 0.2) is 0 Å². The molecule has 0 atom stereocenters. The Morgan fingerprint density at radius 1 is 0.833 bits per heavy atom. The van der Waals surface area contributed by atoms with Crippen LogP contribution in [0.2, 0.25) is 0 Å². The first kappa shape index (κ1) is 17.7. The molecule has 0 heterocycles. The molecule has 0 saturated heterocycles. The molecule has 0 unspecified atom stereocenters. The molecule has 0 aliphatic rings. The van der Waals surface area contributed by atoms with Gasteiger partial charge < -0.3 is 9.80 Å². The van der Waals surface area contributed by atoms with Crippen LogP contribution in [0.4, 0.5) is 5.69 Å². The molecule has 0 N–H and O–H groups in total. The van der Waals surface area contributed by atoms with Gasteiger partial charge in [-0.15, -0.1) is 0 Å². The minimum absolute atomic E-state index is 0.0149. The van der Waals surface area contributed by atoms with E-state index in [4.69, 9.17) is 0 Å². The highest BCUT2D eigenvalue weighted by Gasteiger charge is 2.15. The summed E-state index contributed by atoms with van der Waals surface area (Å²) in [6, 6.07) is 16.3. The van der Waals surface area contributed by atoms with Crippen molar-refractivity contribution in [3.05, 3.63) is 65.7 Å². The second kappa shape index (κ2) is 8.29. The van der Waals surface area contributed by atoms with E-state index < -0.39 is 0 Å². The number of amides is 2. The fraction of sp³-hybridized carbons (Fsp3) is 0.300. The van der Waals surface area contributed by atoms with Gasteiger partial charge in [-0.1, -0.05) is 31.5 Å². The summed E-state index contributed by atoms with van der Waals surface area (Å²) in [5, 5.41) is 0. The van der Waals surface area contributed by atoms with E-state index in [-0.39, 0.29) is 11.8 Å². The Hall–Kier alpha value is -2.62. The lowest BCUT2D eigenvalue weighted by Gasteiger charge is -2.18. The minimum Gasteiger partial charge on any atom is -0.342 e. The van der Waals surface area contributed by atoms with Crippen LogP contribution >= 0.6 is 0 Å². The number of benzene rings is 2. The molecule has 2 rings (SSSR count). The Labute approximate surface area is 143 Å². The molecule has 0 bridgehead atoms. The van der Waals surface area contributed by atoms with Gasteiger partial charge in [0.1, 0.15) is 0 Å². The van der Waals surface area contributed by atoms with E-state index in [0.29, 0.717) is 11.1 Å². The van der Waals surface area contributed by atoms with Gasteiger partial charge in [0.05, 0.1) is 0 Å². The van der Waals surface area contributed by atoms with E-state index in [1.54, 1.807) is 48.2 Å². The van der Waals surface area contributed by atoms with Crippen molar-refractivity contribution < 1.29 is 9.59 Å². The Morgan fingerprint density at radius 3 is 1.92 bits per heavy atom. The summed E-state index contributed by atoms with van der Waals surface area (Å²) in [6.07, 6.45) is 2.04. The number of hydrogen-bond acceptors (Lipinski definition) is 2. The van der Waals surface area contributed by atoms with Crippen LogP contribution in [0.25, 0.3) is 0 Å². The van der Waals surface area contributed by atoms with E-state index in [9.17, 15) is 9.59 Å². The van der Waals surface area contributed by atoms with Crippen molar-refractivity contribution in [2.75, 3.05) is 25.5 Å². The summed E-state index contributed by atoms with van der Waals surface area (Å²) in [4.78, 5) is 28.2. The summed E-state index contributed by atoms with van der Waals surface area (Å²) >= 11 is 0. The number of carbonyl (C=O) groups excluding carboxylic acids is 2. The highest BCUT2D eigenvalue weighted by Crippen LogP contribution is 2.16. The molecule has 0 radical (unpaired) electrons. The van der Waals surface area contributed by atoms with Crippen LogP contribution in [-0.2, 0) is 0 Å². The molecule has 4 heteroatoms. The average Bonchev–Trinajstić information content (AvgIpc) is 2.65. The second-order valence-electron chi connectivity index (χ2n) is 5.86. The maximum Gasteiger partial charge on any atom is 0.258 e. The van der Waals surface area contributed by atoms with Crippen molar-refractivity contribution >= 4 is 17.5 Å². The molecule has 0 fully saturated rings. The van der Waals surface area contributed by atoms with Gasteiger partial charge in [-0.3, -0.25) is 9.59 Å². The van der Waals surface area contributed by atoms with Gasteiger partial charge in [-0.25, -0.2) is 0 Å². The van der Waals surface area contributed by atoms with Crippen LogP contribution in [0.1, 0.15) is 40.5 Å². The summed E-state index contributed by atoms with van der Waals surface area (Å²) in [5.41, 5.74) is 2.00. The molecular weight excluding hydrogens is 300 g/mol. The number of carbonyl (C=O) groups is 2. The van der Waals surface area contributed by atoms with E-state index in [1.165, 1.54) is 0 Å². The standard InChI is InChI=1S/C20H24N2O2/c1-4-5-15-21(2)19(23)16-11-13-17(14-12-16)20(24)22(3)18-9-7-6-8-10-18/h6-14H,4-5,15H2,1-3H3. The van der Waals surface area contributed by atoms with Crippen molar-refractivity contribution in [2.45, 2.75) is 19.8 Å². The Balaban J connectivity index is 2.08. The van der Waals surface area contributed by atoms with E-state index in [1.807, 2.05) is 30.3 Å². The molecule has 0 saturated carbocycles. The Bertz CT molecular complexity index is 681. The third-order valence-corrected chi connectivity index (χ3v) is 4.02. The molecule has 0 aliphatic heterocycles. The van der Waals surface area contributed by atoms with Crippen LogP contribution in [0.5, 0.6) is 0 Å². The number of nitrogens with zero attached hydrogens (tertiary/aromatic N) is 2. The largest absolute Gasteiger partial charge is 0.342 e. The minimum atomic E-state index is -0.0977. The van der Waals surface area contributed by atoms with Crippen LogP contribution in [-0.4, -0.2) is 37.4 Å². The van der Waals surface area contributed by atoms with Crippen LogP contribution in [0, 0.1) is 0 Å². The topological polar surface area (TPSA) is 40.6 Å². The van der Waals surface area contributed by atoms with E-state index in [2.05, 4.69) is 6.92 Å². The molecule has 126 valence electrons. The first-order valence-corrected chi connectivity index (χ1v) is 8.23. The maximum absolute atomic E-state index is 12.5. The quantitative estimate of drug-likeness (QED) is 0.810. The third kappa shape index (κ3) is 4.22. The van der Waals surface area contributed by atoms with Gasteiger partial charge in [0, 0.05) is 37.5 Å². The number of anilines is 1. The van der Waals surface area contributed by atoms with Crippen molar-refractivity contribution in [1.29, 1.82) is 0 Å². The zero-order chi connectivity index (χ0) is 17.5. The predicted octanol–water partition coefficient (Wildman–Crippen LogP) is 3.84. The van der Waals surface area contributed by atoms with E-state index in [0.717, 1.165) is 25.1 Å². The average molecular weight is 324 g/mol. The normalized spacial score (nSPS) is 10.3. The molecule has 0 spiro atoms. The zero-order valence-electron chi connectivity index (χ0n) is 14.5. The SMILES string of the molecule is CCCCN(C)C(=O)c1ccc(C(=O)N(C)c2ccccc2)cc1. The number of unbranched alkanes of at least 4 members (excludes halogenated alkanes) is 1. The summed E-state index contributed by atoms with van der Waals surface area (Å²) in [5.74, 6) is -0.113. The molecule has 24 heavy (non-hydrogen) atoms. The van der Waals surface area contributed by atoms with Crippen LogP contribution < -0.4 is 4.90 Å². The molecule has 0 aromatic heterocycles. The third-order valence-electron chi connectivity index (χ3n) is 4.02. The Morgan fingerprint density at radius 2 is 1.38 bits per heavy atom. The summed E-state index contributed by atoms with van der Waals surface area (Å²) in [6.45, 7) is 2.84.